The third-order valence-corrected chi connectivity index (χ3v) is 2.43. The van der Waals surface area contributed by atoms with Gasteiger partial charge in [-0.1, -0.05) is 12.1 Å². The molecular weight excluding hydrogens is 202 g/mol. The molecule has 3 nitrogen and oxygen atoms in total. The van der Waals surface area contributed by atoms with Crippen LogP contribution in [0.3, 0.4) is 0 Å². The number of benzene rings is 1. The van der Waals surface area contributed by atoms with Crippen LogP contribution in [0.5, 0.6) is 5.75 Å². The van der Waals surface area contributed by atoms with Crippen LogP contribution in [0.4, 0.5) is 0 Å². The average Bonchev–Trinajstić information content (AvgIpc) is 2.16. The van der Waals surface area contributed by atoms with Gasteiger partial charge in [-0.2, -0.15) is 0 Å². The molecule has 1 aromatic carbocycles. The van der Waals surface area contributed by atoms with Crippen molar-refractivity contribution in [3.05, 3.63) is 28.8 Å². The van der Waals surface area contributed by atoms with Gasteiger partial charge in [0.2, 0.25) is 0 Å². The van der Waals surface area contributed by atoms with Gasteiger partial charge in [-0.15, -0.1) is 0 Å². The third kappa shape index (κ3) is 3.35. The average molecular weight is 221 g/mol. The molecule has 0 aliphatic heterocycles. The van der Waals surface area contributed by atoms with Gasteiger partial charge in [0.1, 0.15) is 11.5 Å². The van der Waals surface area contributed by atoms with E-state index in [1.807, 2.05) is 13.8 Å². The summed E-state index contributed by atoms with van der Waals surface area (Å²) in [6.07, 6.45) is 0. The number of nitrogens with one attached hydrogen (secondary N) is 1. The fraction of sp³-hybridized carbons (Fsp3) is 0.462. The van der Waals surface area contributed by atoms with E-state index in [-0.39, 0.29) is 5.78 Å². The number of ketones is 1. The van der Waals surface area contributed by atoms with Crippen LogP contribution in [-0.4, -0.2) is 19.4 Å². The largest absolute Gasteiger partial charge is 0.496 e. The normalized spacial score (nSPS) is 10.2. The highest BCUT2D eigenvalue weighted by atomic mass is 16.5. The van der Waals surface area contributed by atoms with Gasteiger partial charge in [-0.25, -0.2) is 0 Å². The van der Waals surface area contributed by atoms with Crippen LogP contribution >= 0.6 is 0 Å². The summed E-state index contributed by atoms with van der Waals surface area (Å²) < 4.78 is 5.30. The van der Waals surface area contributed by atoms with Gasteiger partial charge in [-0.05, 0) is 37.5 Å². The number of rotatable bonds is 5. The molecular formula is C13H19NO2. The summed E-state index contributed by atoms with van der Waals surface area (Å²) in [4.78, 5) is 10.8. The first-order valence-corrected chi connectivity index (χ1v) is 5.39. The molecule has 0 saturated heterocycles. The number of carbonyl (C=O) groups is 1. The molecule has 0 aliphatic rings. The van der Waals surface area contributed by atoms with Crippen LogP contribution in [0.15, 0.2) is 12.1 Å². The summed E-state index contributed by atoms with van der Waals surface area (Å²) in [7, 11) is 1.68. The first kappa shape index (κ1) is 12.7. The lowest BCUT2D eigenvalue weighted by Gasteiger charge is -2.11. The zero-order valence-corrected chi connectivity index (χ0v) is 10.4. The van der Waals surface area contributed by atoms with Crippen molar-refractivity contribution in [3.8, 4) is 5.75 Å². The molecule has 0 spiro atoms. The highest BCUT2D eigenvalue weighted by Gasteiger charge is 2.05. The number of hydrogen-bond acceptors (Lipinski definition) is 3. The summed E-state index contributed by atoms with van der Waals surface area (Å²) >= 11 is 0. The standard InChI is InChI=1S/C13H19NO2/c1-9-5-12(8-14-7-11(3)15)6-10(2)13(9)16-4/h5-6,14H,7-8H2,1-4H3. The Hall–Kier alpha value is -1.35. The van der Waals surface area contributed by atoms with Crippen LogP contribution in [-0.2, 0) is 11.3 Å². The van der Waals surface area contributed by atoms with E-state index in [4.69, 9.17) is 4.74 Å². The van der Waals surface area contributed by atoms with E-state index in [1.165, 1.54) is 5.56 Å². The smallest absolute Gasteiger partial charge is 0.143 e. The second-order valence-electron chi connectivity index (χ2n) is 4.07. The summed E-state index contributed by atoms with van der Waals surface area (Å²) in [6, 6.07) is 4.16. The van der Waals surface area contributed by atoms with Crippen molar-refractivity contribution in [3.63, 3.8) is 0 Å². The van der Waals surface area contributed by atoms with E-state index >= 15 is 0 Å². The molecule has 0 aliphatic carbocycles. The number of carbonyl (C=O) groups excluding carboxylic acids is 1. The van der Waals surface area contributed by atoms with Crippen LogP contribution in [0.2, 0.25) is 0 Å². The number of methoxy groups -OCH3 is 1. The molecule has 1 aromatic rings. The van der Waals surface area contributed by atoms with Gasteiger partial charge >= 0.3 is 0 Å². The van der Waals surface area contributed by atoms with Crippen LogP contribution in [0.1, 0.15) is 23.6 Å². The Morgan fingerprint density at radius 2 is 1.88 bits per heavy atom. The molecule has 0 amide bonds. The second-order valence-corrected chi connectivity index (χ2v) is 4.07. The minimum absolute atomic E-state index is 0.155. The van der Waals surface area contributed by atoms with E-state index < -0.39 is 0 Å². The van der Waals surface area contributed by atoms with Crippen molar-refractivity contribution in [1.29, 1.82) is 0 Å². The Bertz CT molecular complexity index is 363. The maximum absolute atomic E-state index is 10.8. The van der Waals surface area contributed by atoms with Gasteiger partial charge in [-0.3, -0.25) is 4.79 Å². The molecule has 0 heterocycles. The number of hydrogen-bond donors (Lipinski definition) is 1. The summed E-state index contributed by atoms with van der Waals surface area (Å²) in [5.41, 5.74) is 3.43. The van der Waals surface area contributed by atoms with E-state index in [9.17, 15) is 4.79 Å². The van der Waals surface area contributed by atoms with Crippen LogP contribution in [0, 0.1) is 13.8 Å². The molecule has 1 rings (SSSR count). The fourth-order valence-electron chi connectivity index (χ4n) is 1.85. The lowest BCUT2D eigenvalue weighted by molar-refractivity contribution is -0.116. The van der Waals surface area contributed by atoms with E-state index in [0.717, 1.165) is 16.9 Å². The lowest BCUT2D eigenvalue weighted by Crippen LogP contribution is -2.20. The van der Waals surface area contributed by atoms with Gasteiger partial charge in [0.15, 0.2) is 0 Å². The van der Waals surface area contributed by atoms with Crippen molar-refractivity contribution >= 4 is 5.78 Å². The van der Waals surface area contributed by atoms with E-state index in [1.54, 1.807) is 14.0 Å². The molecule has 0 saturated carbocycles. The predicted octanol–water partition coefficient (Wildman–Crippen LogP) is 1.99. The highest BCUT2D eigenvalue weighted by molar-refractivity contribution is 5.77. The zero-order valence-electron chi connectivity index (χ0n) is 10.4. The Morgan fingerprint density at radius 1 is 1.31 bits per heavy atom. The van der Waals surface area contributed by atoms with E-state index in [2.05, 4.69) is 17.4 Å². The van der Waals surface area contributed by atoms with Gasteiger partial charge in [0.05, 0.1) is 13.7 Å². The van der Waals surface area contributed by atoms with Gasteiger partial charge < -0.3 is 10.1 Å². The number of aryl methyl sites for hydroxylation is 2. The van der Waals surface area contributed by atoms with E-state index in [0.29, 0.717) is 13.1 Å². The van der Waals surface area contributed by atoms with Crippen molar-refractivity contribution in [2.45, 2.75) is 27.3 Å². The number of ether oxygens (including phenoxy) is 1. The van der Waals surface area contributed by atoms with Crippen molar-refractivity contribution in [2.75, 3.05) is 13.7 Å². The van der Waals surface area contributed by atoms with Gasteiger partial charge in [0, 0.05) is 6.54 Å². The minimum Gasteiger partial charge on any atom is -0.496 e. The molecule has 0 fully saturated rings. The lowest BCUT2D eigenvalue weighted by atomic mass is 10.1. The maximum atomic E-state index is 10.8. The molecule has 0 bridgehead atoms. The molecule has 0 unspecified atom stereocenters. The highest BCUT2D eigenvalue weighted by Crippen LogP contribution is 2.24. The summed E-state index contributed by atoms with van der Waals surface area (Å²) in [5.74, 6) is 1.09. The molecule has 3 heteroatoms. The Morgan fingerprint density at radius 3 is 2.31 bits per heavy atom. The van der Waals surface area contributed by atoms with Crippen LogP contribution < -0.4 is 10.1 Å². The predicted molar refractivity (Wildman–Crippen MR) is 64.9 cm³/mol. The first-order chi connectivity index (χ1) is 7.54. The van der Waals surface area contributed by atoms with Crippen molar-refractivity contribution < 1.29 is 9.53 Å². The molecule has 0 atom stereocenters. The third-order valence-electron chi connectivity index (χ3n) is 2.43. The number of Topliss-reactive ketones (excluding diaryl/α,β-unsaturated/α-hetero) is 1. The van der Waals surface area contributed by atoms with Crippen molar-refractivity contribution in [1.82, 2.24) is 5.32 Å². The first-order valence-electron chi connectivity index (χ1n) is 5.39. The molecule has 0 radical (unpaired) electrons. The zero-order chi connectivity index (χ0) is 12.1. The Labute approximate surface area is 96.8 Å². The molecule has 16 heavy (non-hydrogen) atoms. The SMILES string of the molecule is COc1c(C)cc(CNCC(C)=O)cc1C. The molecule has 1 N–H and O–H groups in total. The second kappa shape index (κ2) is 5.66. The maximum Gasteiger partial charge on any atom is 0.143 e. The van der Waals surface area contributed by atoms with Crippen molar-refractivity contribution in [2.24, 2.45) is 0 Å². The monoisotopic (exact) mass is 221 g/mol. The fourth-order valence-corrected chi connectivity index (χ4v) is 1.85. The summed E-state index contributed by atoms with van der Waals surface area (Å²) in [5, 5.41) is 3.10. The molecule has 88 valence electrons. The van der Waals surface area contributed by atoms with Crippen LogP contribution in [0.25, 0.3) is 0 Å². The topological polar surface area (TPSA) is 38.3 Å². The Kier molecular flexibility index (Phi) is 4.50. The minimum atomic E-state index is 0.155. The summed E-state index contributed by atoms with van der Waals surface area (Å²) in [6.45, 7) is 6.77. The quantitative estimate of drug-likeness (QED) is 0.826. The molecule has 0 aromatic heterocycles. The van der Waals surface area contributed by atoms with Gasteiger partial charge in [0.25, 0.3) is 0 Å². The Balaban J connectivity index is 2.72.